The third-order valence-corrected chi connectivity index (χ3v) is 7.83. The molecule has 1 unspecified atom stereocenters. The second-order valence-corrected chi connectivity index (χ2v) is 10.1. The number of ether oxygens (including phenoxy) is 1. The maximum atomic E-state index is 13.7. The highest BCUT2D eigenvalue weighted by Crippen LogP contribution is 2.36. The Morgan fingerprint density at radius 3 is 2.94 bits per heavy atom. The van der Waals surface area contributed by atoms with Gasteiger partial charge in [-0.05, 0) is 60.1 Å². The standard InChI is InChI=1S/C26H28ClFN4O2/c27-23-12-31-25-21(23)10-18(11-30-25)17-7-15-3-5-32(26(33)16-1-2-19(28)8-16)13-22(15)20(9-17)24-14-34-6-4-29-24/h7,9-12,16,19,24,29H,1-6,8,13-14H2,(H,30,31)/t16?,19-,24-/m0/s1. The van der Waals surface area contributed by atoms with Crippen molar-refractivity contribution in [3.63, 3.8) is 0 Å². The Kier molecular flexibility index (Phi) is 5.79. The fourth-order valence-electron chi connectivity index (χ4n) is 5.67. The SMILES string of the molecule is O=C(C1CC[C@H](F)C1)N1CCc2cc(-c3cnc4[nH]cc(Cl)c4c3)cc([C@@H]3COCCN3)c2C1. The van der Waals surface area contributed by atoms with Crippen LogP contribution >= 0.6 is 11.6 Å². The molecule has 3 aromatic rings. The van der Waals surface area contributed by atoms with E-state index < -0.39 is 6.17 Å². The Balaban J connectivity index is 1.37. The number of morpholine rings is 1. The second-order valence-electron chi connectivity index (χ2n) is 9.66. The number of carbonyl (C=O) groups is 1. The van der Waals surface area contributed by atoms with Crippen molar-refractivity contribution in [2.24, 2.45) is 5.92 Å². The summed E-state index contributed by atoms with van der Waals surface area (Å²) in [7, 11) is 0. The Hall–Kier alpha value is -2.48. The molecular weight excluding hydrogens is 455 g/mol. The zero-order valence-corrected chi connectivity index (χ0v) is 19.7. The lowest BCUT2D eigenvalue weighted by atomic mass is 9.87. The zero-order valence-electron chi connectivity index (χ0n) is 18.9. The number of hydrogen-bond acceptors (Lipinski definition) is 4. The number of hydrogen-bond donors (Lipinski definition) is 2. The summed E-state index contributed by atoms with van der Waals surface area (Å²) >= 11 is 6.35. The summed E-state index contributed by atoms with van der Waals surface area (Å²) < 4.78 is 19.5. The van der Waals surface area contributed by atoms with Gasteiger partial charge in [0.25, 0.3) is 0 Å². The number of aromatic nitrogens is 2. The quantitative estimate of drug-likeness (QED) is 0.574. The molecular formula is C26H28ClFN4O2. The van der Waals surface area contributed by atoms with Crippen LogP contribution in [0, 0.1) is 5.92 Å². The van der Waals surface area contributed by atoms with E-state index in [2.05, 4.69) is 33.5 Å². The topological polar surface area (TPSA) is 70.2 Å². The molecule has 1 aromatic carbocycles. The van der Waals surface area contributed by atoms with Crippen LogP contribution in [0.2, 0.25) is 5.02 Å². The third kappa shape index (κ3) is 4.00. The molecule has 178 valence electrons. The molecule has 3 atom stereocenters. The van der Waals surface area contributed by atoms with Crippen LogP contribution in [0.1, 0.15) is 42.0 Å². The van der Waals surface area contributed by atoms with Gasteiger partial charge in [0.1, 0.15) is 11.8 Å². The summed E-state index contributed by atoms with van der Waals surface area (Å²) in [6.45, 7) is 3.31. The predicted octanol–water partition coefficient (Wildman–Crippen LogP) is 4.57. The van der Waals surface area contributed by atoms with Gasteiger partial charge in [-0.15, -0.1) is 0 Å². The Morgan fingerprint density at radius 2 is 2.15 bits per heavy atom. The molecule has 2 fully saturated rings. The summed E-state index contributed by atoms with van der Waals surface area (Å²) in [6.07, 6.45) is 5.09. The fourth-order valence-corrected chi connectivity index (χ4v) is 5.87. The lowest BCUT2D eigenvalue weighted by Gasteiger charge is -2.35. The molecule has 34 heavy (non-hydrogen) atoms. The molecule has 1 saturated carbocycles. The van der Waals surface area contributed by atoms with E-state index in [1.54, 1.807) is 6.20 Å². The minimum atomic E-state index is -0.841. The number of H-pyrrole nitrogens is 1. The van der Waals surface area contributed by atoms with Crippen LogP contribution in [0.3, 0.4) is 0 Å². The number of amides is 1. The summed E-state index contributed by atoms with van der Waals surface area (Å²) in [5.41, 5.74) is 6.47. The molecule has 0 spiro atoms. The molecule has 4 heterocycles. The van der Waals surface area contributed by atoms with Gasteiger partial charge in [-0.2, -0.15) is 0 Å². The van der Waals surface area contributed by atoms with Crippen molar-refractivity contribution in [1.82, 2.24) is 20.2 Å². The first-order chi connectivity index (χ1) is 16.6. The Morgan fingerprint density at radius 1 is 1.24 bits per heavy atom. The van der Waals surface area contributed by atoms with Crippen molar-refractivity contribution in [3.8, 4) is 11.1 Å². The van der Waals surface area contributed by atoms with Gasteiger partial charge >= 0.3 is 0 Å². The van der Waals surface area contributed by atoms with Crippen molar-refractivity contribution in [1.29, 1.82) is 0 Å². The average molecular weight is 483 g/mol. The van der Waals surface area contributed by atoms with Crippen molar-refractivity contribution in [3.05, 3.63) is 52.3 Å². The summed E-state index contributed by atoms with van der Waals surface area (Å²) in [6, 6.07) is 6.56. The largest absolute Gasteiger partial charge is 0.378 e. The fraction of sp³-hybridized carbons (Fsp3) is 0.462. The van der Waals surface area contributed by atoms with Gasteiger partial charge in [0.05, 0.1) is 24.3 Å². The molecule has 8 heteroatoms. The van der Waals surface area contributed by atoms with Crippen molar-refractivity contribution in [2.75, 3.05) is 26.3 Å². The van der Waals surface area contributed by atoms with Gasteiger partial charge < -0.3 is 19.9 Å². The predicted molar refractivity (Wildman–Crippen MR) is 129 cm³/mol. The average Bonchev–Trinajstić information content (AvgIpc) is 3.48. The van der Waals surface area contributed by atoms with Crippen LogP contribution in [0.5, 0.6) is 0 Å². The van der Waals surface area contributed by atoms with Crippen molar-refractivity contribution < 1.29 is 13.9 Å². The van der Waals surface area contributed by atoms with Gasteiger partial charge in [0.2, 0.25) is 5.91 Å². The minimum Gasteiger partial charge on any atom is -0.378 e. The molecule has 0 radical (unpaired) electrons. The molecule has 1 saturated heterocycles. The summed E-state index contributed by atoms with van der Waals surface area (Å²) in [5.74, 6) is -0.0789. The number of alkyl halides is 1. The monoisotopic (exact) mass is 482 g/mol. The van der Waals surface area contributed by atoms with Crippen LogP contribution in [0.15, 0.2) is 30.6 Å². The highest BCUT2D eigenvalue weighted by molar-refractivity contribution is 6.35. The van der Waals surface area contributed by atoms with Crippen LogP contribution in [-0.2, 0) is 22.5 Å². The van der Waals surface area contributed by atoms with E-state index >= 15 is 0 Å². The van der Waals surface area contributed by atoms with Gasteiger partial charge in [0.15, 0.2) is 0 Å². The van der Waals surface area contributed by atoms with Crippen LogP contribution < -0.4 is 5.32 Å². The van der Waals surface area contributed by atoms with Gasteiger partial charge in [-0.3, -0.25) is 4.79 Å². The lowest BCUT2D eigenvalue weighted by Crippen LogP contribution is -2.41. The lowest BCUT2D eigenvalue weighted by molar-refractivity contribution is -0.136. The number of pyridine rings is 1. The van der Waals surface area contributed by atoms with Crippen molar-refractivity contribution in [2.45, 2.75) is 44.4 Å². The number of carbonyl (C=O) groups excluding carboxylic acids is 1. The minimum absolute atomic E-state index is 0.0618. The van der Waals surface area contributed by atoms with E-state index in [0.717, 1.165) is 35.1 Å². The molecule has 6 nitrogen and oxygen atoms in total. The molecule has 3 aliphatic rings. The van der Waals surface area contributed by atoms with E-state index in [0.29, 0.717) is 50.6 Å². The van der Waals surface area contributed by atoms with Crippen LogP contribution in [0.25, 0.3) is 22.2 Å². The highest BCUT2D eigenvalue weighted by atomic mass is 35.5. The molecule has 2 N–H and O–H groups in total. The number of nitrogens with zero attached hydrogens (tertiary/aromatic N) is 2. The van der Waals surface area contributed by atoms with Crippen molar-refractivity contribution >= 4 is 28.5 Å². The number of halogens is 2. The summed E-state index contributed by atoms with van der Waals surface area (Å²) in [4.78, 5) is 22.7. The second kappa shape index (κ2) is 8.95. The number of nitrogens with one attached hydrogen (secondary N) is 2. The van der Waals surface area contributed by atoms with Gasteiger partial charge in [-0.1, -0.05) is 17.7 Å². The molecule has 1 aliphatic carbocycles. The molecule has 0 bridgehead atoms. The first kappa shape index (κ1) is 22.0. The Labute approximate surface area is 202 Å². The number of rotatable bonds is 3. The van der Waals surface area contributed by atoms with Crippen LogP contribution in [0.4, 0.5) is 4.39 Å². The third-order valence-electron chi connectivity index (χ3n) is 7.52. The molecule has 6 rings (SSSR count). The van der Waals surface area contributed by atoms with E-state index in [4.69, 9.17) is 16.3 Å². The number of benzene rings is 1. The van der Waals surface area contributed by atoms with Crippen LogP contribution in [-0.4, -0.2) is 53.2 Å². The number of fused-ring (bicyclic) bond motifs is 2. The molecule has 1 amide bonds. The Bertz CT molecular complexity index is 1240. The normalized spacial score (nSPS) is 25.0. The first-order valence-electron chi connectivity index (χ1n) is 12.1. The smallest absolute Gasteiger partial charge is 0.226 e. The summed E-state index contributed by atoms with van der Waals surface area (Å²) in [5, 5.41) is 5.14. The maximum absolute atomic E-state index is 13.7. The molecule has 2 aliphatic heterocycles. The van der Waals surface area contributed by atoms with Gasteiger partial charge in [-0.25, -0.2) is 9.37 Å². The maximum Gasteiger partial charge on any atom is 0.226 e. The zero-order chi connectivity index (χ0) is 23.2. The van der Waals surface area contributed by atoms with E-state index in [1.165, 1.54) is 16.7 Å². The van der Waals surface area contributed by atoms with E-state index in [1.807, 2.05) is 11.1 Å². The molecule has 2 aromatic heterocycles. The first-order valence-corrected chi connectivity index (χ1v) is 12.5. The van der Waals surface area contributed by atoms with E-state index in [9.17, 15) is 9.18 Å². The van der Waals surface area contributed by atoms with Gasteiger partial charge in [0, 0.05) is 48.9 Å². The highest BCUT2D eigenvalue weighted by Gasteiger charge is 2.35. The van der Waals surface area contributed by atoms with E-state index in [-0.39, 0.29) is 17.9 Å². The number of aromatic amines is 1.